The van der Waals surface area contributed by atoms with Gasteiger partial charge in [-0.05, 0) is 0 Å². The highest BCUT2D eigenvalue weighted by Gasteiger charge is 2.05. The van der Waals surface area contributed by atoms with E-state index in [2.05, 4.69) is 4.98 Å². The standard InChI is InChI=1S/C6H6ClNOS/c1-2-5(9)4-3-10-6(7)8-4/h3H,2H2,1H3. The van der Waals surface area contributed by atoms with Crippen LogP contribution in [0.4, 0.5) is 0 Å². The third-order valence-corrected chi connectivity index (χ3v) is 2.06. The number of rotatable bonds is 2. The number of hydrogen-bond acceptors (Lipinski definition) is 3. The van der Waals surface area contributed by atoms with Crippen LogP contribution in [0.5, 0.6) is 0 Å². The number of thiazole rings is 1. The summed E-state index contributed by atoms with van der Waals surface area (Å²) >= 11 is 6.80. The van der Waals surface area contributed by atoms with Crippen molar-refractivity contribution >= 4 is 28.7 Å². The monoisotopic (exact) mass is 175 g/mol. The van der Waals surface area contributed by atoms with Gasteiger partial charge in [0.15, 0.2) is 10.3 Å². The van der Waals surface area contributed by atoms with E-state index in [1.165, 1.54) is 11.3 Å². The fourth-order valence-corrected chi connectivity index (χ4v) is 1.33. The molecule has 0 unspecified atom stereocenters. The molecule has 0 aromatic carbocycles. The lowest BCUT2D eigenvalue weighted by molar-refractivity contribution is 0.0984. The Morgan fingerprint density at radius 3 is 3.00 bits per heavy atom. The smallest absolute Gasteiger partial charge is 0.184 e. The van der Waals surface area contributed by atoms with Crippen molar-refractivity contribution < 1.29 is 4.79 Å². The molecule has 1 aromatic heterocycles. The Bertz CT molecular complexity index is 246. The lowest BCUT2D eigenvalue weighted by Gasteiger charge is -1.85. The molecule has 0 radical (unpaired) electrons. The minimum Gasteiger partial charge on any atom is -0.292 e. The van der Waals surface area contributed by atoms with E-state index in [1.54, 1.807) is 12.3 Å². The number of hydrogen-bond donors (Lipinski definition) is 0. The van der Waals surface area contributed by atoms with Gasteiger partial charge in [0.2, 0.25) is 0 Å². The second-order valence-corrected chi connectivity index (χ2v) is 3.20. The molecule has 0 spiro atoms. The maximum absolute atomic E-state index is 10.9. The Labute approximate surface area is 67.9 Å². The Balaban J connectivity index is 2.85. The SMILES string of the molecule is CCC(=O)c1csc(Cl)n1. The van der Waals surface area contributed by atoms with Gasteiger partial charge in [0.05, 0.1) is 0 Å². The summed E-state index contributed by atoms with van der Waals surface area (Å²) in [5.41, 5.74) is 0.484. The van der Waals surface area contributed by atoms with Crippen LogP contribution in [0.1, 0.15) is 23.8 Å². The first-order valence-electron chi connectivity index (χ1n) is 2.88. The predicted molar refractivity (Wildman–Crippen MR) is 41.7 cm³/mol. The van der Waals surface area contributed by atoms with E-state index >= 15 is 0 Å². The molecule has 2 nitrogen and oxygen atoms in total. The first-order valence-corrected chi connectivity index (χ1v) is 4.14. The normalized spacial score (nSPS) is 9.80. The third kappa shape index (κ3) is 1.55. The molecular weight excluding hydrogens is 170 g/mol. The molecule has 4 heteroatoms. The maximum atomic E-state index is 10.9. The number of ketones is 1. The lowest BCUT2D eigenvalue weighted by Crippen LogP contribution is -1.95. The molecule has 1 aromatic rings. The molecule has 10 heavy (non-hydrogen) atoms. The molecule has 1 rings (SSSR count). The average Bonchev–Trinajstić information content (AvgIpc) is 2.34. The number of Topliss-reactive ketones (excluding diaryl/α,β-unsaturated/α-hetero) is 1. The highest BCUT2D eigenvalue weighted by molar-refractivity contribution is 7.14. The highest BCUT2D eigenvalue weighted by Crippen LogP contribution is 2.15. The van der Waals surface area contributed by atoms with Crippen molar-refractivity contribution in [1.29, 1.82) is 0 Å². The number of aromatic nitrogens is 1. The molecule has 0 amide bonds. The number of halogens is 1. The van der Waals surface area contributed by atoms with Gasteiger partial charge in [0.1, 0.15) is 5.69 Å². The van der Waals surface area contributed by atoms with E-state index in [0.29, 0.717) is 16.6 Å². The molecule has 0 saturated carbocycles. The molecule has 54 valence electrons. The van der Waals surface area contributed by atoms with Gasteiger partial charge in [0, 0.05) is 11.8 Å². The Hall–Kier alpha value is -0.410. The van der Waals surface area contributed by atoms with E-state index < -0.39 is 0 Å². The van der Waals surface area contributed by atoms with Gasteiger partial charge in [-0.25, -0.2) is 4.98 Å². The van der Waals surface area contributed by atoms with Crippen LogP contribution in [-0.4, -0.2) is 10.8 Å². The highest BCUT2D eigenvalue weighted by atomic mass is 35.5. The number of carbonyl (C=O) groups excluding carboxylic acids is 1. The summed E-state index contributed by atoms with van der Waals surface area (Å²) in [7, 11) is 0. The van der Waals surface area contributed by atoms with Crippen LogP contribution in [-0.2, 0) is 0 Å². The van der Waals surface area contributed by atoms with Gasteiger partial charge in [-0.3, -0.25) is 4.79 Å². The first-order chi connectivity index (χ1) is 4.74. The third-order valence-electron chi connectivity index (χ3n) is 1.08. The van der Waals surface area contributed by atoms with Crippen LogP contribution >= 0.6 is 22.9 Å². The molecule has 0 fully saturated rings. The Morgan fingerprint density at radius 2 is 2.60 bits per heavy atom. The Morgan fingerprint density at radius 1 is 1.90 bits per heavy atom. The molecule has 0 atom stereocenters. The van der Waals surface area contributed by atoms with Crippen molar-refractivity contribution in [2.24, 2.45) is 0 Å². The Kier molecular flexibility index (Phi) is 2.40. The topological polar surface area (TPSA) is 30.0 Å². The van der Waals surface area contributed by atoms with E-state index in [1.807, 2.05) is 0 Å². The van der Waals surface area contributed by atoms with Crippen LogP contribution in [0.3, 0.4) is 0 Å². The summed E-state index contributed by atoms with van der Waals surface area (Å²) in [6, 6.07) is 0. The van der Waals surface area contributed by atoms with Crippen molar-refractivity contribution in [1.82, 2.24) is 4.98 Å². The van der Waals surface area contributed by atoms with Gasteiger partial charge in [-0.2, -0.15) is 0 Å². The summed E-state index contributed by atoms with van der Waals surface area (Å²) in [6.45, 7) is 1.80. The average molecular weight is 176 g/mol. The van der Waals surface area contributed by atoms with E-state index in [9.17, 15) is 4.79 Å². The second kappa shape index (κ2) is 3.12. The van der Waals surface area contributed by atoms with Crippen molar-refractivity contribution in [2.75, 3.05) is 0 Å². The zero-order valence-electron chi connectivity index (χ0n) is 5.43. The van der Waals surface area contributed by atoms with Crippen LogP contribution < -0.4 is 0 Å². The largest absolute Gasteiger partial charge is 0.292 e. The lowest BCUT2D eigenvalue weighted by atomic mass is 10.2. The van der Waals surface area contributed by atoms with Crippen molar-refractivity contribution in [2.45, 2.75) is 13.3 Å². The van der Waals surface area contributed by atoms with Crippen molar-refractivity contribution in [3.8, 4) is 0 Å². The quantitative estimate of drug-likeness (QED) is 0.646. The zero-order valence-corrected chi connectivity index (χ0v) is 7.00. The van der Waals surface area contributed by atoms with Crippen molar-refractivity contribution in [3.63, 3.8) is 0 Å². The molecule has 0 N–H and O–H groups in total. The first kappa shape index (κ1) is 7.69. The summed E-state index contributed by atoms with van der Waals surface area (Å²) < 4.78 is 0.428. The van der Waals surface area contributed by atoms with Crippen LogP contribution in [0.15, 0.2) is 5.38 Å². The fourth-order valence-electron chi connectivity index (χ4n) is 0.561. The molecule has 0 aliphatic rings. The van der Waals surface area contributed by atoms with Crippen LogP contribution in [0.2, 0.25) is 4.47 Å². The summed E-state index contributed by atoms with van der Waals surface area (Å²) in [5, 5.41) is 1.67. The summed E-state index contributed by atoms with van der Waals surface area (Å²) in [6.07, 6.45) is 0.486. The van der Waals surface area contributed by atoms with Gasteiger partial charge in [0.25, 0.3) is 0 Å². The molecule has 1 heterocycles. The van der Waals surface area contributed by atoms with Gasteiger partial charge in [-0.1, -0.05) is 18.5 Å². The minimum absolute atomic E-state index is 0.0446. The minimum atomic E-state index is 0.0446. The van der Waals surface area contributed by atoms with Crippen molar-refractivity contribution in [3.05, 3.63) is 15.5 Å². The molecule has 0 aliphatic carbocycles. The van der Waals surface area contributed by atoms with Crippen LogP contribution in [0.25, 0.3) is 0 Å². The molecule has 0 saturated heterocycles. The molecular formula is C6H6ClNOS. The number of carbonyl (C=O) groups is 1. The van der Waals surface area contributed by atoms with E-state index in [0.717, 1.165) is 0 Å². The van der Waals surface area contributed by atoms with Gasteiger partial charge < -0.3 is 0 Å². The van der Waals surface area contributed by atoms with Gasteiger partial charge >= 0.3 is 0 Å². The molecule has 0 bridgehead atoms. The van der Waals surface area contributed by atoms with Gasteiger partial charge in [-0.15, -0.1) is 11.3 Å². The van der Waals surface area contributed by atoms with Crippen LogP contribution in [0, 0.1) is 0 Å². The summed E-state index contributed by atoms with van der Waals surface area (Å²) in [5.74, 6) is 0.0446. The molecule has 0 aliphatic heterocycles. The van der Waals surface area contributed by atoms with E-state index in [-0.39, 0.29) is 5.78 Å². The second-order valence-electron chi connectivity index (χ2n) is 1.76. The zero-order chi connectivity index (χ0) is 7.56. The fraction of sp³-hybridized carbons (Fsp3) is 0.333. The summed E-state index contributed by atoms with van der Waals surface area (Å²) in [4.78, 5) is 14.7. The van der Waals surface area contributed by atoms with E-state index in [4.69, 9.17) is 11.6 Å². The predicted octanol–water partition coefficient (Wildman–Crippen LogP) is 2.39. The number of nitrogens with zero attached hydrogens (tertiary/aromatic N) is 1. The maximum Gasteiger partial charge on any atom is 0.184 e.